The Kier molecular flexibility index (Phi) is 4.44. The van der Waals surface area contributed by atoms with Crippen molar-refractivity contribution >= 4 is 0 Å². The van der Waals surface area contributed by atoms with E-state index in [-0.39, 0.29) is 6.10 Å². The summed E-state index contributed by atoms with van der Waals surface area (Å²) >= 11 is 0. The molecule has 1 fully saturated rings. The van der Waals surface area contributed by atoms with Crippen molar-refractivity contribution in [2.24, 2.45) is 0 Å². The average molecular weight is 251 g/mol. The summed E-state index contributed by atoms with van der Waals surface area (Å²) in [5, 5.41) is 9.97. The summed E-state index contributed by atoms with van der Waals surface area (Å²) < 4.78 is 11.4. The molecule has 1 saturated heterocycles. The van der Waals surface area contributed by atoms with Crippen molar-refractivity contribution in [1.82, 2.24) is 4.90 Å². The number of likely N-dealkylation sites (N-methyl/N-ethyl adjacent to an activating group) is 1. The molecular weight excluding hydrogens is 230 g/mol. The monoisotopic (exact) mass is 251 g/mol. The van der Waals surface area contributed by atoms with Crippen LogP contribution in [0.3, 0.4) is 0 Å². The van der Waals surface area contributed by atoms with Crippen LogP contribution in [0.4, 0.5) is 0 Å². The summed E-state index contributed by atoms with van der Waals surface area (Å²) in [6, 6.07) is 7.60. The van der Waals surface area contributed by atoms with E-state index < -0.39 is 6.10 Å². The highest BCUT2D eigenvalue weighted by Crippen LogP contribution is 2.29. The SMILES string of the molecule is CCOc1ccccc1OC1CN(CC)CC1O. The lowest BCUT2D eigenvalue weighted by atomic mass is 10.2. The smallest absolute Gasteiger partial charge is 0.161 e. The van der Waals surface area contributed by atoms with Crippen molar-refractivity contribution in [3.8, 4) is 11.5 Å². The van der Waals surface area contributed by atoms with Crippen LogP contribution in [0, 0.1) is 0 Å². The molecule has 1 aliphatic rings. The van der Waals surface area contributed by atoms with Gasteiger partial charge in [-0.05, 0) is 25.6 Å². The zero-order chi connectivity index (χ0) is 13.0. The molecule has 2 rings (SSSR count). The van der Waals surface area contributed by atoms with E-state index in [9.17, 15) is 5.11 Å². The van der Waals surface area contributed by atoms with Crippen molar-refractivity contribution in [2.45, 2.75) is 26.1 Å². The second-order valence-electron chi connectivity index (χ2n) is 4.46. The highest BCUT2D eigenvalue weighted by molar-refractivity contribution is 5.39. The van der Waals surface area contributed by atoms with E-state index >= 15 is 0 Å². The van der Waals surface area contributed by atoms with Crippen molar-refractivity contribution in [3.63, 3.8) is 0 Å². The first kappa shape index (κ1) is 13.2. The van der Waals surface area contributed by atoms with E-state index in [1.54, 1.807) is 0 Å². The van der Waals surface area contributed by atoms with Gasteiger partial charge in [0.1, 0.15) is 12.2 Å². The molecule has 0 aliphatic carbocycles. The minimum Gasteiger partial charge on any atom is -0.490 e. The van der Waals surface area contributed by atoms with Crippen LogP contribution in [-0.2, 0) is 0 Å². The number of benzene rings is 1. The topological polar surface area (TPSA) is 41.9 Å². The van der Waals surface area contributed by atoms with Crippen molar-refractivity contribution < 1.29 is 14.6 Å². The van der Waals surface area contributed by atoms with Gasteiger partial charge in [-0.1, -0.05) is 19.1 Å². The molecule has 2 unspecified atom stereocenters. The molecule has 4 nitrogen and oxygen atoms in total. The third-order valence-electron chi connectivity index (χ3n) is 3.19. The summed E-state index contributed by atoms with van der Waals surface area (Å²) in [5.74, 6) is 1.45. The molecule has 0 aromatic heterocycles. The second kappa shape index (κ2) is 6.07. The first-order valence-electron chi connectivity index (χ1n) is 6.53. The molecule has 0 bridgehead atoms. The van der Waals surface area contributed by atoms with Gasteiger partial charge in [-0.2, -0.15) is 0 Å². The largest absolute Gasteiger partial charge is 0.490 e. The van der Waals surface area contributed by atoms with Gasteiger partial charge in [0.25, 0.3) is 0 Å². The molecule has 1 aliphatic heterocycles. The first-order chi connectivity index (χ1) is 8.74. The number of hydrogen-bond donors (Lipinski definition) is 1. The average Bonchev–Trinajstić information content (AvgIpc) is 2.73. The lowest BCUT2D eigenvalue weighted by Gasteiger charge is -2.18. The van der Waals surface area contributed by atoms with Crippen LogP contribution in [0.25, 0.3) is 0 Å². The summed E-state index contributed by atoms with van der Waals surface area (Å²) in [6.45, 7) is 7.01. The summed E-state index contributed by atoms with van der Waals surface area (Å²) in [7, 11) is 0. The van der Waals surface area contributed by atoms with Crippen LogP contribution >= 0.6 is 0 Å². The number of nitrogens with zero attached hydrogens (tertiary/aromatic N) is 1. The molecule has 0 spiro atoms. The Morgan fingerprint density at radius 2 is 1.94 bits per heavy atom. The number of aliphatic hydroxyl groups is 1. The predicted octanol–water partition coefficient (Wildman–Crippen LogP) is 1.53. The van der Waals surface area contributed by atoms with Gasteiger partial charge < -0.3 is 14.6 Å². The van der Waals surface area contributed by atoms with Crippen molar-refractivity contribution in [3.05, 3.63) is 24.3 Å². The Morgan fingerprint density at radius 3 is 2.56 bits per heavy atom. The zero-order valence-electron chi connectivity index (χ0n) is 11.0. The minimum absolute atomic E-state index is 0.174. The molecule has 2 atom stereocenters. The molecule has 1 aromatic rings. The number of likely N-dealkylation sites (tertiary alicyclic amines) is 1. The fourth-order valence-electron chi connectivity index (χ4n) is 2.19. The highest BCUT2D eigenvalue weighted by atomic mass is 16.5. The molecular formula is C14H21NO3. The van der Waals surface area contributed by atoms with Crippen LogP contribution < -0.4 is 9.47 Å². The van der Waals surface area contributed by atoms with E-state index in [2.05, 4.69) is 11.8 Å². The van der Waals surface area contributed by atoms with Crippen LogP contribution in [0.2, 0.25) is 0 Å². The molecule has 1 N–H and O–H groups in total. The summed E-state index contributed by atoms with van der Waals surface area (Å²) in [6.07, 6.45) is -0.605. The highest BCUT2D eigenvalue weighted by Gasteiger charge is 2.32. The molecule has 0 amide bonds. The number of rotatable bonds is 5. The summed E-state index contributed by atoms with van der Waals surface area (Å²) in [4.78, 5) is 2.18. The van der Waals surface area contributed by atoms with E-state index in [0.29, 0.717) is 18.9 Å². The maximum absolute atomic E-state index is 9.97. The van der Waals surface area contributed by atoms with Crippen LogP contribution in [0.1, 0.15) is 13.8 Å². The van der Waals surface area contributed by atoms with E-state index in [1.807, 2.05) is 31.2 Å². The molecule has 0 saturated carbocycles. The Balaban J connectivity index is 2.05. The molecule has 18 heavy (non-hydrogen) atoms. The van der Waals surface area contributed by atoms with Gasteiger partial charge in [0.2, 0.25) is 0 Å². The van der Waals surface area contributed by atoms with Gasteiger partial charge in [0, 0.05) is 13.1 Å². The molecule has 1 aromatic carbocycles. The van der Waals surface area contributed by atoms with Gasteiger partial charge in [-0.25, -0.2) is 0 Å². The molecule has 100 valence electrons. The molecule has 1 heterocycles. The van der Waals surface area contributed by atoms with Crippen LogP contribution in [0.5, 0.6) is 11.5 Å². The second-order valence-corrected chi connectivity index (χ2v) is 4.46. The summed E-state index contributed by atoms with van der Waals surface area (Å²) in [5.41, 5.74) is 0. The fourth-order valence-corrected chi connectivity index (χ4v) is 2.19. The standard InChI is InChI=1S/C14H21NO3/c1-3-15-9-11(16)14(10-15)18-13-8-6-5-7-12(13)17-4-2/h5-8,11,14,16H,3-4,9-10H2,1-2H3. The molecule has 0 radical (unpaired) electrons. The zero-order valence-corrected chi connectivity index (χ0v) is 11.0. The number of para-hydroxylation sites is 2. The lowest BCUT2D eigenvalue weighted by Crippen LogP contribution is -2.30. The van der Waals surface area contributed by atoms with Gasteiger partial charge in [-0.15, -0.1) is 0 Å². The van der Waals surface area contributed by atoms with Gasteiger partial charge in [0.15, 0.2) is 11.5 Å². The number of ether oxygens (including phenoxy) is 2. The van der Waals surface area contributed by atoms with E-state index in [1.165, 1.54) is 0 Å². The number of aliphatic hydroxyl groups excluding tert-OH is 1. The fraction of sp³-hybridized carbons (Fsp3) is 0.571. The van der Waals surface area contributed by atoms with Crippen LogP contribution in [-0.4, -0.2) is 48.5 Å². The maximum atomic E-state index is 9.97. The number of hydrogen-bond acceptors (Lipinski definition) is 4. The normalized spacial score (nSPS) is 24.2. The molecule has 4 heteroatoms. The maximum Gasteiger partial charge on any atom is 0.161 e. The van der Waals surface area contributed by atoms with Gasteiger partial charge in [-0.3, -0.25) is 4.90 Å². The van der Waals surface area contributed by atoms with E-state index in [4.69, 9.17) is 9.47 Å². The quantitative estimate of drug-likeness (QED) is 0.861. The van der Waals surface area contributed by atoms with Crippen LogP contribution in [0.15, 0.2) is 24.3 Å². The third kappa shape index (κ3) is 2.94. The van der Waals surface area contributed by atoms with Gasteiger partial charge in [0.05, 0.1) is 6.61 Å². The third-order valence-corrected chi connectivity index (χ3v) is 3.19. The van der Waals surface area contributed by atoms with Crippen molar-refractivity contribution in [1.29, 1.82) is 0 Å². The number of β-amino-alcohol motifs (C(OH)–C–C–N with tert-alkyl or cyclic N) is 1. The Hall–Kier alpha value is -1.26. The Labute approximate surface area is 108 Å². The first-order valence-corrected chi connectivity index (χ1v) is 6.53. The van der Waals surface area contributed by atoms with E-state index in [0.717, 1.165) is 18.8 Å². The van der Waals surface area contributed by atoms with Crippen molar-refractivity contribution in [2.75, 3.05) is 26.2 Å². The van der Waals surface area contributed by atoms with Gasteiger partial charge >= 0.3 is 0 Å². The lowest BCUT2D eigenvalue weighted by molar-refractivity contribution is 0.0713. The Morgan fingerprint density at radius 1 is 1.22 bits per heavy atom. The predicted molar refractivity (Wildman–Crippen MR) is 70.1 cm³/mol. The minimum atomic E-state index is -0.431. The Bertz CT molecular complexity index is 383.